The quantitative estimate of drug-likeness (QED) is 0.901. The summed E-state index contributed by atoms with van der Waals surface area (Å²) >= 11 is 5.83. The molecule has 0 bridgehead atoms. The summed E-state index contributed by atoms with van der Waals surface area (Å²) in [7, 11) is 0. The first-order chi connectivity index (χ1) is 10.3. The molecular weight excluding hydrogens is 317 g/mol. The summed E-state index contributed by atoms with van der Waals surface area (Å²) in [6.07, 6.45) is -3.96. The average molecular weight is 331 g/mol. The largest absolute Gasteiger partial charge is 0.451 e. The second-order valence-electron chi connectivity index (χ2n) is 4.68. The molecule has 0 aliphatic rings. The maximum atomic E-state index is 12.7. The zero-order valence-corrected chi connectivity index (χ0v) is 12.7. The summed E-state index contributed by atoms with van der Waals surface area (Å²) in [5, 5.41) is 3.50. The van der Waals surface area contributed by atoms with Gasteiger partial charge in [0.2, 0.25) is 11.8 Å². The van der Waals surface area contributed by atoms with Crippen LogP contribution in [-0.4, -0.2) is 15.0 Å². The average Bonchev–Trinajstić information content (AvgIpc) is 2.44. The fraction of sp³-hybridized carbons (Fsp3) is 0.357. The van der Waals surface area contributed by atoms with Crippen LogP contribution in [-0.2, 0) is 6.18 Å². The lowest BCUT2D eigenvalue weighted by Gasteiger charge is -2.18. The van der Waals surface area contributed by atoms with Crippen LogP contribution in [0.3, 0.4) is 0 Å². The zero-order valence-electron chi connectivity index (χ0n) is 11.9. The van der Waals surface area contributed by atoms with E-state index in [4.69, 9.17) is 11.6 Å². The minimum atomic E-state index is -4.61. The molecule has 4 nitrogen and oxygen atoms in total. The molecule has 1 unspecified atom stereocenters. The molecule has 0 saturated carbocycles. The van der Waals surface area contributed by atoms with E-state index in [1.165, 1.54) is 6.92 Å². The molecule has 0 radical (unpaired) electrons. The zero-order chi connectivity index (χ0) is 16.3. The maximum Gasteiger partial charge on any atom is 0.451 e. The van der Waals surface area contributed by atoms with E-state index in [0.717, 1.165) is 5.56 Å². The third kappa shape index (κ3) is 4.07. The summed E-state index contributed by atoms with van der Waals surface area (Å²) in [5.41, 5.74) is 0.888. The molecule has 118 valence electrons. The van der Waals surface area contributed by atoms with Gasteiger partial charge in [0.05, 0.1) is 6.04 Å². The number of benzene rings is 1. The third-order valence-electron chi connectivity index (χ3n) is 2.98. The van der Waals surface area contributed by atoms with E-state index in [1.807, 2.05) is 19.1 Å². The number of alkyl halides is 3. The van der Waals surface area contributed by atoms with E-state index in [1.54, 1.807) is 12.1 Å². The van der Waals surface area contributed by atoms with E-state index in [9.17, 15) is 13.2 Å². The van der Waals surface area contributed by atoms with Gasteiger partial charge < -0.3 is 5.32 Å². The highest BCUT2D eigenvalue weighted by molar-refractivity contribution is 6.30. The molecule has 1 atom stereocenters. The van der Waals surface area contributed by atoms with Gasteiger partial charge in [0, 0.05) is 5.02 Å². The Balaban J connectivity index is 2.28. The maximum absolute atomic E-state index is 12.7. The molecular formula is C14H14ClF3N4. The summed E-state index contributed by atoms with van der Waals surface area (Å²) in [5.74, 6) is -1.29. The Bertz CT molecular complexity index is 644. The van der Waals surface area contributed by atoms with E-state index in [0.29, 0.717) is 11.4 Å². The van der Waals surface area contributed by atoms with Crippen LogP contribution in [0, 0.1) is 6.92 Å². The molecule has 22 heavy (non-hydrogen) atoms. The molecule has 8 heteroatoms. The number of halogens is 4. The smallest absolute Gasteiger partial charge is 0.347 e. The number of nitrogens with one attached hydrogen (secondary N) is 1. The molecule has 1 aromatic heterocycles. The van der Waals surface area contributed by atoms with Crippen LogP contribution < -0.4 is 5.32 Å². The van der Waals surface area contributed by atoms with Crippen LogP contribution in [0.5, 0.6) is 0 Å². The Morgan fingerprint density at radius 2 is 1.77 bits per heavy atom. The Kier molecular flexibility index (Phi) is 4.85. The van der Waals surface area contributed by atoms with Crippen molar-refractivity contribution in [3.8, 4) is 0 Å². The molecule has 2 rings (SSSR count). The predicted octanol–water partition coefficient (Wildman–Crippen LogP) is 4.42. The standard InChI is InChI=1S/C14H14ClF3N4/c1-3-11(9-4-6-10(15)7-5-9)21-13-20-8(2)19-12(22-13)14(16,17)18/h4-7,11H,3H2,1-2H3,(H,19,20,21,22). The third-order valence-corrected chi connectivity index (χ3v) is 3.24. The van der Waals surface area contributed by atoms with E-state index in [-0.39, 0.29) is 17.8 Å². The van der Waals surface area contributed by atoms with Crippen LogP contribution >= 0.6 is 11.6 Å². The fourth-order valence-electron chi connectivity index (χ4n) is 1.95. The van der Waals surface area contributed by atoms with E-state index in [2.05, 4.69) is 20.3 Å². The van der Waals surface area contributed by atoms with Gasteiger partial charge in [-0.1, -0.05) is 30.7 Å². The van der Waals surface area contributed by atoms with Crippen LogP contribution in [0.4, 0.5) is 19.1 Å². The van der Waals surface area contributed by atoms with Crippen molar-refractivity contribution in [2.45, 2.75) is 32.5 Å². The second-order valence-corrected chi connectivity index (χ2v) is 5.12. The summed E-state index contributed by atoms with van der Waals surface area (Å²) < 4.78 is 38.2. The Morgan fingerprint density at radius 1 is 1.14 bits per heavy atom. The van der Waals surface area contributed by atoms with Crippen LogP contribution in [0.1, 0.15) is 36.6 Å². The monoisotopic (exact) mass is 330 g/mol. The summed E-state index contributed by atoms with van der Waals surface area (Å²) in [6, 6.07) is 6.84. The van der Waals surface area contributed by atoms with Gasteiger partial charge in [0.1, 0.15) is 5.82 Å². The highest BCUT2D eigenvalue weighted by Crippen LogP contribution is 2.28. The number of hydrogen-bond acceptors (Lipinski definition) is 4. The molecule has 1 heterocycles. The Morgan fingerprint density at radius 3 is 2.32 bits per heavy atom. The lowest BCUT2D eigenvalue weighted by Crippen LogP contribution is -2.18. The van der Waals surface area contributed by atoms with E-state index < -0.39 is 12.0 Å². The number of nitrogens with zero attached hydrogens (tertiary/aromatic N) is 3. The predicted molar refractivity (Wildman–Crippen MR) is 77.7 cm³/mol. The topological polar surface area (TPSA) is 50.7 Å². The van der Waals surface area contributed by atoms with Gasteiger partial charge in [-0.2, -0.15) is 23.1 Å². The van der Waals surface area contributed by atoms with Gasteiger partial charge in [-0.3, -0.25) is 0 Å². The lowest BCUT2D eigenvalue weighted by atomic mass is 10.1. The van der Waals surface area contributed by atoms with Crippen LogP contribution in [0.2, 0.25) is 5.02 Å². The number of anilines is 1. The van der Waals surface area contributed by atoms with Crippen LogP contribution in [0.25, 0.3) is 0 Å². The van der Waals surface area contributed by atoms with Crippen molar-refractivity contribution in [3.05, 3.63) is 46.5 Å². The molecule has 0 aliphatic carbocycles. The summed E-state index contributed by atoms with van der Waals surface area (Å²) in [6.45, 7) is 3.30. The highest BCUT2D eigenvalue weighted by Gasteiger charge is 2.35. The molecule has 0 fully saturated rings. The normalized spacial score (nSPS) is 13.0. The van der Waals surface area contributed by atoms with Gasteiger partial charge in [0.15, 0.2) is 0 Å². The number of aromatic nitrogens is 3. The molecule has 0 aliphatic heterocycles. The first-order valence-electron chi connectivity index (χ1n) is 6.61. The number of hydrogen-bond donors (Lipinski definition) is 1. The lowest BCUT2D eigenvalue weighted by molar-refractivity contribution is -0.145. The van der Waals surface area contributed by atoms with Gasteiger partial charge in [-0.05, 0) is 31.0 Å². The molecule has 0 saturated heterocycles. The van der Waals surface area contributed by atoms with Crippen molar-refractivity contribution in [3.63, 3.8) is 0 Å². The van der Waals surface area contributed by atoms with Crippen molar-refractivity contribution >= 4 is 17.5 Å². The van der Waals surface area contributed by atoms with Gasteiger partial charge in [-0.25, -0.2) is 4.98 Å². The van der Waals surface area contributed by atoms with Crippen molar-refractivity contribution in [1.82, 2.24) is 15.0 Å². The van der Waals surface area contributed by atoms with Gasteiger partial charge >= 0.3 is 6.18 Å². The second kappa shape index (κ2) is 6.48. The summed E-state index contributed by atoms with van der Waals surface area (Å²) in [4.78, 5) is 10.7. The SMILES string of the molecule is CCC(Nc1nc(C)nc(C(F)(F)F)n1)c1ccc(Cl)cc1. The highest BCUT2D eigenvalue weighted by atomic mass is 35.5. The Hall–Kier alpha value is -1.89. The van der Waals surface area contributed by atoms with E-state index >= 15 is 0 Å². The molecule has 0 amide bonds. The molecule has 2 aromatic rings. The first kappa shape index (κ1) is 16.5. The first-order valence-corrected chi connectivity index (χ1v) is 6.99. The minimum Gasteiger partial charge on any atom is -0.347 e. The minimum absolute atomic E-state index is 0.00999. The van der Waals surface area contributed by atoms with Crippen molar-refractivity contribution in [2.75, 3.05) is 5.32 Å². The number of rotatable bonds is 4. The number of aryl methyl sites for hydroxylation is 1. The fourth-order valence-corrected chi connectivity index (χ4v) is 2.07. The van der Waals surface area contributed by atoms with Crippen molar-refractivity contribution < 1.29 is 13.2 Å². The van der Waals surface area contributed by atoms with Gasteiger partial charge in [0.25, 0.3) is 0 Å². The molecule has 0 spiro atoms. The van der Waals surface area contributed by atoms with Crippen molar-refractivity contribution in [2.24, 2.45) is 0 Å². The van der Waals surface area contributed by atoms with Crippen LogP contribution in [0.15, 0.2) is 24.3 Å². The van der Waals surface area contributed by atoms with Crippen molar-refractivity contribution in [1.29, 1.82) is 0 Å². The van der Waals surface area contributed by atoms with Gasteiger partial charge in [-0.15, -0.1) is 0 Å². The molecule has 1 aromatic carbocycles. The molecule has 1 N–H and O–H groups in total. The Labute approximate surface area is 130 Å².